The minimum absolute atomic E-state index is 0.119. The van der Waals surface area contributed by atoms with E-state index in [2.05, 4.69) is 15.3 Å². The number of carbonyl (C=O) groups is 1. The van der Waals surface area contributed by atoms with Gasteiger partial charge in [-0.2, -0.15) is 0 Å². The Morgan fingerprint density at radius 2 is 1.83 bits per heavy atom. The molecule has 30 heavy (non-hydrogen) atoms. The second kappa shape index (κ2) is 8.33. The van der Waals surface area contributed by atoms with Crippen LogP contribution in [0.15, 0.2) is 71.8 Å². The average molecular weight is 438 g/mol. The molecule has 0 aliphatic carbocycles. The fraction of sp³-hybridized carbons (Fsp3) is 0.136. The molecule has 0 atom stereocenters. The number of hydrogen-bond acceptors (Lipinski definition) is 6. The number of fused-ring (bicyclic) bond motifs is 1. The zero-order valence-corrected chi connectivity index (χ0v) is 17.8. The lowest BCUT2D eigenvalue weighted by atomic mass is 10.1. The van der Waals surface area contributed by atoms with E-state index in [9.17, 15) is 13.2 Å². The highest BCUT2D eigenvalue weighted by molar-refractivity contribution is 7.91. The molecule has 2 aromatic heterocycles. The molecule has 152 valence electrons. The Bertz CT molecular complexity index is 1280. The van der Waals surface area contributed by atoms with Gasteiger partial charge in [-0.05, 0) is 42.8 Å². The Kier molecular flexibility index (Phi) is 5.61. The summed E-state index contributed by atoms with van der Waals surface area (Å²) in [5.41, 5.74) is 3.25. The van der Waals surface area contributed by atoms with Crippen LogP contribution in [-0.2, 0) is 14.6 Å². The van der Waals surface area contributed by atoms with E-state index in [1.165, 1.54) is 23.5 Å². The number of aromatic nitrogens is 2. The summed E-state index contributed by atoms with van der Waals surface area (Å²) in [6, 6.07) is 17.5. The molecule has 1 amide bonds. The fourth-order valence-electron chi connectivity index (χ4n) is 3.07. The van der Waals surface area contributed by atoms with Gasteiger partial charge in [0.15, 0.2) is 9.84 Å². The first-order valence-corrected chi connectivity index (χ1v) is 11.8. The van der Waals surface area contributed by atoms with Crippen LogP contribution >= 0.6 is 11.3 Å². The Morgan fingerprint density at radius 3 is 2.60 bits per heavy atom. The van der Waals surface area contributed by atoms with Crippen LogP contribution in [-0.4, -0.2) is 30.0 Å². The molecule has 0 bridgehead atoms. The first-order valence-electron chi connectivity index (χ1n) is 9.33. The number of sulfone groups is 1. The highest BCUT2D eigenvalue weighted by Crippen LogP contribution is 2.33. The van der Waals surface area contributed by atoms with Gasteiger partial charge in [0.25, 0.3) is 0 Å². The smallest absolute Gasteiger partial charge is 0.225 e. The maximum Gasteiger partial charge on any atom is 0.225 e. The average Bonchev–Trinajstić information content (AvgIpc) is 3.18. The van der Waals surface area contributed by atoms with E-state index in [0.29, 0.717) is 5.69 Å². The van der Waals surface area contributed by atoms with Gasteiger partial charge >= 0.3 is 0 Å². The Morgan fingerprint density at radius 1 is 1.03 bits per heavy atom. The van der Waals surface area contributed by atoms with Gasteiger partial charge < -0.3 is 5.32 Å². The number of nitrogens with zero attached hydrogens (tertiary/aromatic N) is 2. The van der Waals surface area contributed by atoms with Gasteiger partial charge in [-0.3, -0.25) is 4.79 Å². The maximum atomic E-state index is 12.4. The van der Waals surface area contributed by atoms with Crippen LogP contribution in [0.1, 0.15) is 12.0 Å². The molecule has 4 rings (SSSR count). The first-order chi connectivity index (χ1) is 14.4. The van der Waals surface area contributed by atoms with Crippen molar-refractivity contribution in [1.29, 1.82) is 0 Å². The molecule has 6 nitrogen and oxygen atoms in total. The summed E-state index contributed by atoms with van der Waals surface area (Å²) in [5.74, 6) is -0.591. The molecule has 1 N–H and O–H groups in total. The third-order valence-corrected chi connectivity index (χ3v) is 7.45. The standard InChI is InChI=1S/C22H19N3O3S2/c1-15-17(21-25-19-11-6-13-23-22(19)29-21)9-5-10-18(15)24-20(26)12-14-30(27,28)16-7-3-2-4-8-16/h2-11,13H,12,14H2,1H3,(H,24,26). The van der Waals surface area contributed by atoms with Crippen molar-refractivity contribution in [3.63, 3.8) is 0 Å². The second-order valence-corrected chi connectivity index (χ2v) is 9.84. The SMILES string of the molecule is Cc1c(NC(=O)CCS(=O)(=O)c2ccccc2)cccc1-c1nc2cccnc2s1. The zero-order chi connectivity index (χ0) is 21.1. The number of carbonyl (C=O) groups excluding carboxylic acids is 1. The van der Waals surface area contributed by atoms with Gasteiger partial charge in [-0.15, -0.1) is 0 Å². The summed E-state index contributed by atoms with van der Waals surface area (Å²) >= 11 is 1.49. The van der Waals surface area contributed by atoms with E-state index < -0.39 is 9.84 Å². The Hall–Kier alpha value is -3.10. The van der Waals surface area contributed by atoms with Gasteiger partial charge in [-0.1, -0.05) is 41.7 Å². The van der Waals surface area contributed by atoms with Gasteiger partial charge in [0.1, 0.15) is 15.4 Å². The predicted octanol–water partition coefficient (Wildman–Crippen LogP) is 4.47. The third kappa shape index (κ3) is 4.24. The monoisotopic (exact) mass is 437 g/mol. The molecule has 2 heterocycles. The van der Waals surface area contributed by atoms with E-state index in [4.69, 9.17) is 0 Å². The summed E-state index contributed by atoms with van der Waals surface area (Å²) < 4.78 is 24.8. The molecule has 0 spiro atoms. The molecule has 2 aromatic carbocycles. The van der Waals surface area contributed by atoms with E-state index in [-0.39, 0.29) is 23.0 Å². The van der Waals surface area contributed by atoms with Crippen molar-refractivity contribution >= 4 is 43.1 Å². The molecule has 0 aliphatic rings. The van der Waals surface area contributed by atoms with Crippen LogP contribution in [0.4, 0.5) is 5.69 Å². The summed E-state index contributed by atoms with van der Waals surface area (Å²) in [6.45, 7) is 1.91. The lowest BCUT2D eigenvalue weighted by Crippen LogP contribution is -2.18. The molecule has 4 aromatic rings. The molecule has 0 fully saturated rings. The number of benzene rings is 2. The van der Waals surface area contributed by atoms with Crippen LogP contribution < -0.4 is 5.32 Å². The van der Waals surface area contributed by atoms with Crippen molar-refractivity contribution in [1.82, 2.24) is 9.97 Å². The molecule has 0 saturated heterocycles. The highest BCUT2D eigenvalue weighted by Gasteiger charge is 2.17. The van der Waals surface area contributed by atoms with Crippen LogP contribution in [0.5, 0.6) is 0 Å². The van der Waals surface area contributed by atoms with Crippen molar-refractivity contribution in [2.24, 2.45) is 0 Å². The summed E-state index contributed by atoms with van der Waals surface area (Å²) in [6.07, 6.45) is 1.61. The summed E-state index contributed by atoms with van der Waals surface area (Å²) in [5, 5.41) is 3.66. The summed E-state index contributed by atoms with van der Waals surface area (Å²) in [7, 11) is -3.50. The van der Waals surface area contributed by atoms with E-state index in [1.54, 1.807) is 30.5 Å². The summed E-state index contributed by atoms with van der Waals surface area (Å²) in [4.78, 5) is 22.5. The minimum atomic E-state index is -3.50. The number of nitrogens with one attached hydrogen (secondary N) is 1. The van der Waals surface area contributed by atoms with Crippen molar-refractivity contribution in [2.75, 3.05) is 11.1 Å². The highest BCUT2D eigenvalue weighted by atomic mass is 32.2. The van der Waals surface area contributed by atoms with Crippen molar-refractivity contribution < 1.29 is 13.2 Å². The number of anilines is 1. The van der Waals surface area contributed by atoms with Crippen LogP contribution in [0.2, 0.25) is 0 Å². The topological polar surface area (TPSA) is 89.0 Å². The molecule has 0 aliphatic heterocycles. The van der Waals surface area contributed by atoms with Crippen LogP contribution in [0, 0.1) is 6.92 Å². The van der Waals surface area contributed by atoms with Crippen molar-refractivity contribution in [2.45, 2.75) is 18.2 Å². The number of rotatable bonds is 6. The quantitative estimate of drug-likeness (QED) is 0.481. The molecule has 0 radical (unpaired) electrons. The molecule has 0 saturated carbocycles. The largest absolute Gasteiger partial charge is 0.326 e. The van der Waals surface area contributed by atoms with Gasteiger partial charge in [0.05, 0.1) is 10.6 Å². The van der Waals surface area contributed by atoms with Gasteiger partial charge in [0.2, 0.25) is 5.91 Å². The normalized spacial score (nSPS) is 11.5. The lowest BCUT2D eigenvalue weighted by molar-refractivity contribution is -0.115. The third-order valence-electron chi connectivity index (χ3n) is 4.70. The van der Waals surface area contributed by atoms with Gasteiger partial charge in [-0.25, -0.2) is 18.4 Å². The molecule has 0 unspecified atom stereocenters. The predicted molar refractivity (Wildman–Crippen MR) is 119 cm³/mol. The van der Waals surface area contributed by atoms with Crippen molar-refractivity contribution in [3.05, 3.63) is 72.4 Å². The van der Waals surface area contributed by atoms with E-state index >= 15 is 0 Å². The van der Waals surface area contributed by atoms with Crippen LogP contribution in [0.25, 0.3) is 20.9 Å². The zero-order valence-electron chi connectivity index (χ0n) is 16.2. The molecule has 8 heteroatoms. The molecular formula is C22H19N3O3S2. The fourth-order valence-corrected chi connectivity index (χ4v) is 5.32. The Balaban J connectivity index is 1.50. The number of amides is 1. The number of hydrogen-bond donors (Lipinski definition) is 1. The number of pyridine rings is 1. The Labute approximate surface area is 178 Å². The van der Waals surface area contributed by atoms with Crippen LogP contribution in [0.3, 0.4) is 0 Å². The van der Waals surface area contributed by atoms with E-state index in [1.807, 2.05) is 31.2 Å². The lowest BCUT2D eigenvalue weighted by Gasteiger charge is -2.11. The van der Waals surface area contributed by atoms with Crippen molar-refractivity contribution in [3.8, 4) is 10.6 Å². The first kappa shape index (κ1) is 20.2. The number of thiazole rings is 1. The second-order valence-electron chi connectivity index (χ2n) is 6.75. The molecular weight excluding hydrogens is 418 g/mol. The maximum absolute atomic E-state index is 12.4. The van der Waals surface area contributed by atoms with Gasteiger partial charge in [0, 0.05) is 23.9 Å². The minimum Gasteiger partial charge on any atom is -0.326 e. The van der Waals surface area contributed by atoms with E-state index in [0.717, 1.165) is 26.5 Å².